The number of aliphatic hydroxyl groups is 1. The summed E-state index contributed by atoms with van der Waals surface area (Å²) < 4.78 is 5.04. The maximum Gasteiger partial charge on any atom is 0.0489 e. The fourth-order valence-corrected chi connectivity index (χ4v) is 1.76. The highest BCUT2D eigenvalue weighted by Crippen LogP contribution is 2.31. The Morgan fingerprint density at radius 1 is 1.42 bits per heavy atom. The minimum absolute atomic E-state index is 0.140. The molecule has 12 heavy (non-hydrogen) atoms. The van der Waals surface area contributed by atoms with Gasteiger partial charge in [-0.2, -0.15) is 0 Å². The average Bonchev–Trinajstić information content (AvgIpc) is 2.16. The van der Waals surface area contributed by atoms with Crippen molar-refractivity contribution in [2.45, 2.75) is 19.3 Å². The normalized spacial score (nSPS) is 22.5. The van der Waals surface area contributed by atoms with E-state index in [-0.39, 0.29) is 5.41 Å². The number of hydrogen-bond donors (Lipinski definition) is 2. The molecule has 3 heteroatoms. The maximum atomic E-state index is 9.28. The van der Waals surface area contributed by atoms with E-state index in [9.17, 15) is 5.11 Å². The fraction of sp³-hybridized carbons (Fsp3) is 1.00. The van der Waals surface area contributed by atoms with Crippen LogP contribution in [0.2, 0.25) is 0 Å². The zero-order valence-corrected chi connectivity index (χ0v) is 7.81. The van der Waals surface area contributed by atoms with E-state index >= 15 is 0 Å². The van der Waals surface area contributed by atoms with E-state index in [2.05, 4.69) is 5.32 Å². The first-order valence-electron chi connectivity index (χ1n) is 4.63. The van der Waals surface area contributed by atoms with E-state index in [1.165, 1.54) is 0 Å². The smallest absolute Gasteiger partial charge is 0.0489 e. The van der Waals surface area contributed by atoms with Crippen molar-refractivity contribution in [3.8, 4) is 0 Å². The van der Waals surface area contributed by atoms with Gasteiger partial charge < -0.3 is 15.2 Å². The van der Waals surface area contributed by atoms with Gasteiger partial charge in [-0.05, 0) is 37.8 Å². The number of piperidine rings is 1. The number of rotatable bonds is 4. The number of aliphatic hydroxyl groups excluding tert-OH is 1. The van der Waals surface area contributed by atoms with Gasteiger partial charge in [-0.15, -0.1) is 0 Å². The van der Waals surface area contributed by atoms with E-state index in [0.29, 0.717) is 6.61 Å². The lowest BCUT2D eigenvalue weighted by molar-refractivity contribution is 0.0500. The minimum atomic E-state index is 0.140. The second-order valence-corrected chi connectivity index (χ2v) is 3.65. The Hall–Kier alpha value is -0.120. The van der Waals surface area contributed by atoms with Crippen molar-refractivity contribution < 1.29 is 9.84 Å². The third-order valence-corrected chi connectivity index (χ3v) is 2.84. The molecule has 1 fully saturated rings. The molecule has 0 spiro atoms. The lowest BCUT2D eigenvalue weighted by Crippen LogP contribution is -2.39. The Morgan fingerprint density at radius 2 is 2.08 bits per heavy atom. The molecule has 0 aromatic heterocycles. The topological polar surface area (TPSA) is 41.5 Å². The Bertz CT molecular complexity index is 122. The van der Waals surface area contributed by atoms with Gasteiger partial charge in [-0.3, -0.25) is 0 Å². The molecular formula is C9H19NO2. The van der Waals surface area contributed by atoms with Crippen LogP contribution in [0.1, 0.15) is 19.3 Å². The first kappa shape index (κ1) is 9.96. The zero-order chi connectivity index (χ0) is 8.86. The predicted octanol–water partition coefficient (Wildman–Crippen LogP) is 0.385. The van der Waals surface area contributed by atoms with Crippen LogP contribution in [0, 0.1) is 5.41 Å². The summed E-state index contributed by atoms with van der Waals surface area (Å²) in [6.45, 7) is 3.13. The Balaban J connectivity index is 2.37. The van der Waals surface area contributed by atoms with Gasteiger partial charge >= 0.3 is 0 Å². The Kier molecular flexibility index (Phi) is 3.98. The van der Waals surface area contributed by atoms with Crippen molar-refractivity contribution in [3.63, 3.8) is 0 Å². The molecule has 72 valence electrons. The van der Waals surface area contributed by atoms with E-state index in [0.717, 1.165) is 39.0 Å². The average molecular weight is 173 g/mol. The third kappa shape index (κ3) is 2.44. The van der Waals surface area contributed by atoms with Crippen LogP contribution in [0.15, 0.2) is 0 Å². The van der Waals surface area contributed by atoms with Crippen LogP contribution in [0.5, 0.6) is 0 Å². The van der Waals surface area contributed by atoms with Gasteiger partial charge in [0.25, 0.3) is 0 Å². The van der Waals surface area contributed by atoms with Crippen LogP contribution in [-0.4, -0.2) is 38.5 Å². The van der Waals surface area contributed by atoms with Crippen molar-refractivity contribution >= 4 is 0 Å². The molecule has 1 heterocycles. The molecule has 0 unspecified atom stereocenters. The molecule has 1 aliphatic heterocycles. The number of ether oxygens (including phenoxy) is 1. The molecule has 2 N–H and O–H groups in total. The number of methoxy groups -OCH3 is 1. The molecule has 1 saturated heterocycles. The van der Waals surface area contributed by atoms with Gasteiger partial charge in [0.05, 0.1) is 0 Å². The lowest BCUT2D eigenvalue weighted by Gasteiger charge is -2.35. The minimum Gasteiger partial charge on any atom is -0.396 e. The second kappa shape index (κ2) is 4.80. The second-order valence-electron chi connectivity index (χ2n) is 3.65. The van der Waals surface area contributed by atoms with Crippen molar-refractivity contribution in [2.75, 3.05) is 33.4 Å². The largest absolute Gasteiger partial charge is 0.396 e. The van der Waals surface area contributed by atoms with Crippen LogP contribution in [0.3, 0.4) is 0 Å². The molecule has 1 rings (SSSR count). The van der Waals surface area contributed by atoms with Crippen LogP contribution < -0.4 is 5.32 Å². The quantitative estimate of drug-likeness (QED) is 0.646. The fourth-order valence-electron chi connectivity index (χ4n) is 1.76. The van der Waals surface area contributed by atoms with E-state index in [1.807, 2.05) is 0 Å². The molecule has 1 aliphatic rings. The van der Waals surface area contributed by atoms with E-state index in [1.54, 1.807) is 7.11 Å². The first-order valence-corrected chi connectivity index (χ1v) is 4.63. The van der Waals surface area contributed by atoms with Crippen LogP contribution >= 0.6 is 0 Å². The van der Waals surface area contributed by atoms with Gasteiger partial charge in [0.15, 0.2) is 0 Å². The molecule has 0 aliphatic carbocycles. The Morgan fingerprint density at radius 3 is 2.58 bits per heavy atom. The highest BCUT2D eigenvalue weighted by Gasteiger charge is 2.30. The molecule has 0 saturated carbocycles. The summed E-state index contributed by atoms with van der Waals surface area (Å²) in [5.74, 6) is 0. The molecular weight excluding hydrogens is 154 g/mol. The first-order chi connectivity index (χ1) is 5.83. The summed E-state index contributed by atoms with van der Waals surface area (Å²) in [5.41, 5.74) is 0.140. The van der Waals surface area contributed by atoms with Crippen molar-refractivity contribution in [1.29, 1.82) is 0 Å². The highest BCUT2D eigenvalue weighted by atomic mass is 16.5. The van der Waals surface area contributed by atoms with Crippen molar-refractivity contribution in [1.82, 2.24) is 5.32 Å². The molecule has 0 radical (unpaired) electrons. The summed E-state index contributed by atoms with van der Waals surface area (Å²) in [5, 5.41) is 12.6. The summed E-state index contributed by atoms with van der Waals surface area (Å²) in [6.07, 6.45) is 3.14. The standard InChI is InChI=1S/C9H19NO2/c1-12-7-4-9(8-11)2-5-10-6-3-9/h10-11H,2-8H2,1H3. The molecule has 0 aromatic rings. The molecule has 0 aromatic carbocycles. The molecule has 0 bridgehead atoms. The zero-order valence-electron chi connectivity index (χ0n) is 7.81. The molecule has 0 atom stereocenters. The predicted molar refractivity (Wildman–Crippen MR) is 48.1 cm³/mol. The van der Waals surface area contributed by atoms with Crippen LogP contribution in [0.25, 0.3) is 0 Å². The monoisotopic (exact) mass is 173 g/mol. The van der Waals surface area contributed by atoms with Gasteiger partial charge in [0.2, 0.25) is 0 Å². The molecule has 3 nitrogen and oxygen atoms in total. The van der Waals surface area contributed by atoms with Gasteiger partial charge in [-0.1, -0.05) is 0 Å². The Labute approximate surface area is 74.1 Å². The maximum absolute atomic E-state index is 9.28. The summed E-state index contributed by atoms with van der Waals surface area (Å²) in [6, 6.07) is 0. The van der Waals surface area contributed by atoms with Gasteiger partial charge in [0, 0.05) is 20.3 Å². The van der Waals surface area contributed by atoms with Gasteiger partial charge in [-0.25, -0.2) is 0 Å². The van der Waals surface area contributed by atoms with E-state index < -0.39 is 0 Å². The molecule has 0 amide bonds. The summed E-state index contributed by atoms with van der Waals surface area (Å²) in [4.78, 5) is 0. The summed E-state index contributed by atoms with van der Waals surface area (Å²) in [7, 11) is 1.71. The van der Waals surface area contributed by atoms with Crippen molar-refractivity contribution in [3.05, 3.63) is 0 Å². The lowest BCUT2D eigenvalue weighted by atomic mass is 9.77. The van der Waals surface area contributed by atoms with Crippen LogP contribution in [0.4, 0.5) is 0 Å². The number of hydrogen-bond acceptors (Lipinski definition) is 3. The number of nitrogens with one attached hydrogen (secondary N) is 1. The summed E-state index contributed by atoms with van der Waals surface area (Å²) >= 11 is 0. The van der Waals surface area contributed by atoms with Gasteiger partial charge in [0.1, 0.15) is 0 Å². The van der Waals surface area contributed by atoms with E-state index in [4.69, 9.17) is 4.74 Å². The third-order valence-electron chi connectivity index (χ3n) is 2.84. The highest BCUT2D eigenvalue weighted by molar-refractivity contribution is 4.83. The SMILES string of the molecule is COCCC1(CO)CCNCC1. The van der Waals surface area contributed by atoms with Crippen molar-refractivity contribution in [2.24, 2.45) is 5.41 Å². The van der Waals surface area contributed by atoms with Crippen LogP contribution in [-0.2, 0) is 4.74 Å².